The van der Waals surface area contributed by atoms with E-state index < -0.39 is 5.97 Å². The van der Waals surface area contributed by atoms with Crippen LogP contribution in [0.5, 0.6) is 0 Å². The molecule has 0 aliphatic heterocycles. The number of allylic oxidation sites excluding steroid dienone is 2. The molecule has 2 N–H and O–H groups in total. The van der Waals surface area contributed by atoms with Crippen LogP contribution in [0.3, 0.4) is 0 Å². The van der Waals surface area contributed by atoms with E-state index in [9.17, 15) is 9.59 Å². The first kappa shape index (κ1) is 32.1. The third kappa shape index (κ3) is 9.04. The standard InChI is InChI=1S/C23H29NO.C15H14O2/c1-16(2)19(5)22-15-21(14-11-17(22)3)23(25)24-18(4)12-13-20-9-7-6-8-10-20;1-2-11-7-9-12(10-8-11)13-5-3-4-6-14(13)15(16)17/h6-11,14-15,18H,12-13H2,1-5H3,(H,24,25);3-10H,2H2,1H3,(H,16,17). The SMILES string of the molecule is CC(C)=C(C)c1cc(C(=O)NC(C)CCc2ccccc2)ccc1C.CCc1ccc(-c2ccccc2C(=O)O)cc1. The van der Waals surface area contributed by atoms with Crippen molar-refractivity contribution in [1.29, 1.82) is 0 Å². The van der Waals surface area contributed by atoms with Crippen LogP contribution in [0.1, 0.15) is 84.0 Å². The summed E-state index contributed by atoms with van der Waals surface area (Å²) in [5.41, 5.74) is 10.2. The molecule has 0 aliphatic rings. The maximum Gasteiger partial charge on any atom is 0.336 e. The van der Waals surface area contributed by atoms with E-state index in [4.69, 9.17) is 5.11 Å². The van der Waals surface area contributed by atoms with Crippen LogP contribution in [0, 0.1) is 6.92 Å². The molecule has 0 aliphatic carbocycles. The molecule has 1 unspecified atom stereocenters. The molecule has 0 saturated heterocycles. The molecule has 0 spiro atoms. The predicted molar refractivity (Wildman–Crippen MR) is 175 cm³/mol. The van der Waals surface area contributed by atoms with Gasteiger partial charge in [-0.05, 0) is 111 Å². The van der Waals surface area contributed by atoms with Crippen LogP contribution in [0.25, 0.3) is 16.7 Å². The smallest absolute Gasteiger partial charge is 0.336 e. The second-order valence-corrected chi connectivity index (χ2v) is 11.0. The molecule has 4 aromatic rings. The van der Waals surface area contributed by atoms with Crippen LogP contribution >= 0.6 is 0 Å². The van der Waals surface area contributed by atoms with Crippen molar-refractivity contribution < 1.29 is 14.7 Å². The summed E-state index contributed by atoms with van der Waals surface area (Å²) in [4.78, 5) is 23.7. The van der Waals surface area contributed by atoms with Crippen LogP contribution < -0.4 is 5.32 Å². The number of benzene rings is 4. The molecule has 1 amide bonds. The van der Waals surface area contributed by atoms with E-state index in [1.165, 1.54) is 27.8 Å². The highest BCUT2D eigenvalue weighted by atomic mass is 16.4. The lowest BCUT2D eigenvalue weighted by Gasteiger charge is -2.15. The average molecular weight is 562 g/mol. The van der Waals surface area contributed by atoms with Gasteiger partial charge in [0.25, 0.3) is 5.91 Å². The minimum Gasteiger partial charge on any atom is -0.478 e. The Bertz CT molecular complexity index is 1510. The first-order chi connectivity index (χ1) is 20.1. The molecule has 0 bridgehead atoms. The summed E-state index contributed by atoms with van der Waals surface area (Å²) in [7, 11) is 0. The molecule has 4 nitrogen and oxygen atoms in total. The number of carboxylic acids is 1. The zero-order chi connectivity index (χ0) is 30.6. The van der Waals surface area contributed by atoms with Gasteiger partial charge in [0.2, 0.25) is 0 Å². The molecule has 0 aromatic heterocycles. The van der Waals surface area contributed by atoms with Crippen molar-refractivity contribution in [2.45, 2.75) is 66.8 Å². The van der Waals surface area contributed by atoms with E-state index in [1.54, 1.807) is 12.1 Å². The lowest BCUT2D eigenvalue weighted by atomic mass is 9.96. The van der Waals surface area contributed by atoms with Crippen molar-refractivity contribution in [3.63, 3.8) is 0 Å². The van der Waals surface area contributed by atoms with E-state index in [1.807, 2.05) is 60.7 Å². The van der Waals surface area contributed by atoms with Crippen LogP contribution in [-0.2, 0) is 12.8 Å². The summed E-state index contributed by atoms with van der Waals surface area (Å²) >= 11 is 0. The van der Waals surface area contributed by atoms with Crippen LogP contribution in [0.15, 0.2) is 103 Å². The molecule has 0 radical (unpaired) electrons. The first-order valence-corrected chi connectivity index (χ1v) is 14.6. The normalized spacial score (nSPS) is 11.1. The summed E-state index contributed by atoms with van der Waals surface area (Å²) in [5, 5.41) is 12.3. The Labute approximate surface area is 251 Å². The summed E-state index contributed by atoms with van der Waals surface area (Å²) < 4.78 is 0. The Morgan fingerprint density at radius 3 is 2.05 bits per heavy atom. The van der Waals surface area contributed by atoms with Crippen LogP contribution in [0.4, 0.5) is 0 Å². The monoisotopic (exact) mass is 561 g/mol. The molecule has 0 heterocycles. The third-order valence-corrected chi connectivity index (χ3v) is 7.57. The van der Waals surface area contributed by atoms with Crippen molar-refractivity contribution in [2.75, 3.05) is 0 Å². The van der Waals surface area contributed by atoms with Crippen molar-refractivity contribution in [1.82, 2.24) is 5.32 Å². The van der Waals surface area contributed by atoms with Gasteiger partial charge >= 0.3 is 5.97 Å². The fourth-order valence-corrected chi connectivity index (χ4v) is 4.69. The Hall–Kier alpha value is -4.44. The predicted octanol–water partition coefficient (Wildman–Crippen LogP) is 9.17. The van der Waals surface area contributed by atoms with Gasteiger partial charge in [-0.2, -0.15) is 0 Å². The topological polar surface area (TPSA) is 66.4 Å². The molecule has 0 saturated carbocycles. The second-order valence-electron chi connectivity index (χ2n) is 11.0. The minimum absolute atomic E-state index is 0.00312. The lowest BCUT2D eigenvalue weighted by Crippen LogP contribution is -2.33. The van der Waals surface area contributed by atoms with Gasteiger partial charge in [0.05, 0.1) is 5.56 Å². The van der Waals surface area contributed by atoms with E-state index in [0.717, 1.165) is 41.5 Å². The van der Waals surface area contributed by atoms with Crippen LogP contribution in [0.2, 0.25) is 0 Å². The van der Waals surface area contributed by atoms with E-state index in [-0.39, 0.29) is 11.9 Å². The van der Waals surface area contributed by atoms with E-state index in [0.29, 0.717) is 5.56 Å². The molecular formula is C38H43NO3. The largest absolute Gasteiger partial charge is 0.478 e. The Morgan fingerprint density at radius 2 is 1.43 bits per heavy atom. The number of carboxylic acid groups (broad SMARTS) is 1. The first-order valence-electron chi connectivity index (χ1n) is 14.6. The summed E-state index contributed by atoms with van der Waals surface area (Å²) in [6.45, 7) is 12.6. The number of aryl methyl sites for hydroxylation is 3. The number of rotatable bonds is 9. The number of carbonyl (C=O) groups is 2. The molecule has 4 aromatic carbocycles. The number of aromatic carboxylic acids is 1. The number of hydrogen-bond acceptors (Lipinski definition) is 2. The van der Waals surface area contributed by atoms with Crippen molar-refractivity contribution in [3.8, 4) is 11.1 Å². The quantitative estimate of drug-likeness (QED) is 0.214. The maximum atomic E-state index is 12.6. The highest BCUT2D eigenvalue weighted by Gasteiger charge is 2.13. The highest BCUT2D eigenvalue weighted by molar-refractivity contribution is 5.96. The van der Waals surface area contributed by atoms with Gasteiger partial charge in [0, 0.05) is 11.6 Å². The van der Waals surface area contributed by atoms with Gasteiger partial charge in [-0.1, -0.05) is 91.4 Å². The highest BCUT2D eigenvalue weighted by Crippen LogP contribution is 2.25. The van der Waals surface area contributed by atoms with Gasteiger partial charge in [-0.25, -0.2) is 4.79 Å². The summed E-state index contributed by atoms with van der Waals surface area (Å²) in [5.74, 6) is -0.886. The minimum atomic E-state index is -0.889. The van der Waals surface area contributed by atoms with E-state index >= 15 is 0 Å². The van der Waals surface area contributed by atoms with Gasteiger partial charge < -0.3 is 10.4 Å². The summed E-state index contributed by atoms with van der Waals surface area (Å²) in [6, 6.07) is 31.6. The number of amides is 1. The number of carbonyl (C=O) groups excluding carboxylic acids is 1. The van der Waals surface area contributed by atoms with Crippen LogP contribution in [-0.4, -0.2) is 23.0 Å². The number of nitrogens with one attached hydrogen (secondary N) is 1. The number of hydrogen-bond donors (Lipinski definition) is 2. The van der Waals surface area contributed by atoms with Crippen molar-refractivity contribution in [2.24, 2.45) is 0 Å². The maximum absolute atomic E-state index is 12.6. The van der Waals surface area contributed by atoms with Gasteiger partial charge in [-0.3, -0.25) is 4.79 Å². The van der Waals surface area contributed by atoms with Gasteiger partial charge in [-0.15, -0.1) is 0 Å². The van der Waals surface area contributed by atoms with Gasteiger partial charge in [0.1, 0.15) is 0 Å². The average Bonchev–Trinajstić information content (AvgIpc) is 3.00. The zero-order valence-electron chi connectivity index (χ0n) is 25.7. The van der Waals surface area contributed by atoms with E-state index in [2.05, 4.69) is 71.1 Å². The zero-order valence-corrected chi connectivity index (χ0v) is 25.7. The molecule has 218 valence electrons. The molecule has 4 heteroatoms. The second kappa shape index (κ2) is 15.5. The molecular weight excluding hydrogens is 518 g/mol. The Balaban J connectivity index is 0.000000247. The third-order valence-electron chi connectivity index (χ3n) is 7.57. The van der Waals surface area contributed by atoms with Crippen molar-refractivity contribution in [3.05, 3.63) is 136 Å². The molecule has 42 heavy (non-hydrogen) atoms. The van der Waals surface area contributed by atoms with Gasteiger partial charge in [0.15, 0.2) is 0 Å². The van der Waals surface area contributed by atoms with Crippen molar-refractivity contribution >= 4 is 17.4 Å². The molecule has 0 fully saturated rings. The molecule has 1 atom stereocenters. The summed E-state index contributed by atoms with van der Waals surface area (Å²) in [6.07, 6.45) is 2.89. The molecule has 4 rings (SSSR count). The fraction of sp³-hybridized carbons (Fsp3) is 0.263. The Kier molecular flexibility index (Phi) is 11.9. The fourth-order valence-electron chi connectivity index (χ4n) is 4.69. The Morgan fingerprint density at radius 1 is 0.786 bits per heavy atom. The lowest BCUT2D eigenvalue weighted by molar-refractivity contribution is 0.0697.